The fourth-order valence-electron chi connectivity index (χ4n) is 3.35. The number of rotatable bonds is 5. The number of likely N-dealkylation sites (tertiary alicyclic amines) is 1. The Hall–Kier alpha value is -3.22. The summed E-state index contributed by atoms with van der Waals surface area (Å²) in [6.07, 6.45) is 2.10. The first-order chi connectivity index (χ1) is 13.1. The number of nitrogens with zero attached hydrogens (tertiary/aromatic N) is 3. The van der Waals surface area contributed by atoms with Crippen LogP contribution in [0.15, 0.2) is 54.7 Å². The van der Waals surface area contributed by atoms with Crippen molar-refractivity contribution in [3.8, 4) is 0 Å². The van der Waals surface area contributed by atoms with E-state index in [2.05, 4.69) is 10.4 Å². The van der Waals surface area contributed by atoms with Gasteiger partial charge in [0.05, 0.1) is 11.6 Å². The fraction of sp³-hybridized carbons (Fsp3) is 0.250. The summed E-state index contributed by atoms with van der Waals surface area (Å²) in [5.74, 6) is -0.499. The maximum atomic E-state index is 13.0. The fourth-order valence-corrected chi connectivity index (χ4v) is 3.35. The van der Waals surface area contributed by atoms with Crippen molar-refractivity contribution < 1.29 is 14.0 Å². The van der Waals surface area contributed by atoms with Gasteiger partial charge in [-0.3, -0.25) is 14.3 Å². The molecule has 1 fully saturated rings. The van der Waals surface area contributed by atoms with Crippen molar-refractivity contribution in [1.29, 1.82) is 0 Å². The number of carbonyl (C=O) groups is 2. The molecule has 1 aliphatic heterocycles. The normalized spacial score (nSPS) is 16.9. The lowest BCUT2D eigenvalue weighted by atomic mass is 10.2. The molecule has 138 valence electrons. The molecule has 2 heterocycles. The highest BCUT2D eigenvalue weighted by Gasteiger charge is 2.30. The summed E-state index contributed by atoms with van der Waals surface area (Å²) in [5.41, 5.74) is 1.70. The van der Waals surface area contributed by atoms with Crippen LogP contribution in [0.3, 0.4) is 0 Å². The number of carbonyl (C=O) groups excluding carboxylic acids is 2. The van der Waals surface area contributed by atoms with Gasteiger partial charge >= 0.3 is 0 Å². The maximum Gasteiger partial charge on any atom is 0.242 e. The maximum absolute atomic E-state index is 13.0. The lowest BCUT2D eigenvalue weighted by Gasteiger charge is -2.17. The molecule has 1 aromatic heterocycles. The largest absolute Gasteiger partial charge is 0.349 e. The first-order valence-corrected chi connectivity index (χ1v) is 8.80. The molecule has 1 aliphatic rings. The van der Waals surface area contributed by atoms with Crippen LogP contribution in [-0.2, 0) is 22.7 Å². The quantitative estimate of drug-likeness (QED) is 0.752. The van der Waals surface area contributed by atoms with Crippen molar-refractivity contribution in [2.75, 3.05) is 6.54 Å². The van der Waals surface area contributed by atoms with Crippen molar-refractivity contribution >= 4 is 22.7 Å². The predicted octanol–water partition coefficient (Wildman–Crippen LogP) is 2.09. The highest BCUT2D eigenvalue weighted by Crippen LogP contribution is 2.16. The van der Waals surface area contributed by atoms with Crippen molar-refractivity contribution in [3.05, 3.63) is 66.1 Å². The zero-order valence-corrected chi connectivity index (χ0v) is 14.6. The van der Waals surface area contributed by atoms with Crippen LogP contribution < -0.4 is 5.32 Å². The van der Waals surface area contributed by atoms with E-state index >= 15 is 0 Å². The van der Waals surface area contributed by atoms with E-state index in [1.54, 1.807) is 21.7 Å². The summed E-state index contributed by atoms with van der Waals surface area (Å²) in [7, 11) is 0. The summed E-state index contributed by atoms with van der Waals surface area (Å²) < 4.78 is 14.6. The Balaban J connectivity index is 1.33. The van der Waals surface area contributed by atoms with Gasteiger partial charge in [-0.05, 0) is 23.8 Å². The summed E-state index contributed by atoms with van der Waals surface area (Å²) in [5, 5.41) is 8.25. The number of hydrogen-bond acceptors (Lipinski definition) is 3. The minimum absolute atomic E-state index is 0.0190. The van der Waals surface area contributed by atoms with E-state index in [0.717, 1.165) is 16.5 Å². The minimum Gasteiger partial charge on any atom is -0.349 e. The molecule has 1 N–H and O–H groups in total. The Morgan fingerprint density at radius 1 is 1.19 bits per heavy atom. The van der Waals surface area contributed by atoms with Crippen LogP contribution in [0.5, 0.6) is 0 Å². The van der Waals surface area contributed by atoms with Gasteiger partial charge in [0.15, 0.2) is 0 Å². The zero-order chi connectivity index (χ0) is 18.8. The van der Waals surface area contributed by atoms with Gasteiger partial charge in [-0.25, -0.2) is 4.39 Å². The molecule has 0 radical (unpaired) electrons. The van der Waals surface area contributed by atoms with E-state index in [4.69, 9.17) is 0 Å². The molecule has 0 aliphatic carbocycles. The number of halogens is 1. The SMILES string of the molecule is O=C(Cn1cc2ccccc2n1)N[C@@H]1CC(=O)N(Cc2ccc(F)cc2)C1. The number of aromatic nitrogens is 2. The third kappa shape index (κ3) is 3.97. The van der Waals surface area contributed by atoms with Crippen molar-refractivity contribution in [2.24, 2.45) is 0 Å². The van der Waals surface area contributed by atoms with Crippen LogP contribution in [0, 0.1) is 5.82 Å². The molecule has 2 aromatic carbocycles. The lowest BCUT2D eigenvalue weighted by molar-refractivity contribution is -0.128. The Kier molecular flexibility index (Phi) is 4.58. The van der Waals surface area contributed by atoms with Crippen LogP contribution in [0.25, 0.3) is 10.9 Å². The average Bonchev–Trinajstić information content (AvgIpc) is 3.19. The average molecular weight is 366 g/mol. The van der Waals surface area contributed by atoms with Gasteiger partial charge in [0.1, 0.15) is 12.4 Å². The molecule has 3 aromatic rings. The van der Waals surface area contributed by atoms with Gasteiger partial charge in [0, 0.05) is 31.1 Å². The first kappa shape index (κ1) is 17.2. The predicted molar refractivity (Wildman–Crippen MR) is 98.1 cm³/mol. The van der Waals surface area contributed by atoms with Gasteiger partial charge in [0.25, 0.3) is 0 Å². The number of hydrogen-bond donors (Lipinski definition) is 1. The molecule has 0 unspecified atom stereocenters. The molecule has 1 atom stereocenters. The van der Waals surface area contributed by atoms with Crippen molar-refractivity contribution in [2.45, 2.75) is 25.6 Å². The molecule has 4 rings (SSSR count). The second kappa shape index (κ2) is 7.19. The summed E-state index contributed by atoms with van der Waals surface area (Å²) in [6.45, 7) is 0.969. The zero-order valence-electron chi connectivity index (χ0n) is 14.6. The third-order valence-electron chi connectivity index (χ3n) is 4.63. The van der Waals surface area contributed by atoms with Gasteiger partial charge in [-0.2, -0.15) is 5.10 Å². The van der Waals surface area contributed by atoms with Crippen molar-refractivity contribution in [1.82, 2.24) is 20.0 Å². The van der Waals surface area contributed by atoms with Crippen LogP contribution in [0.2, 0.25) is 0 Å². The van der Waals surface area contributed by atoms with Gasteiger partial charge in [-0.1, -0.05) is 30.3 Å². The van der Waals surface area contributed by atoms with Crippen LogP contribution in [0.4, 0.5) is 4.39 Å². The molecule has 0 bridgehead atoms. The van der Waals surface area contributed by atoms with Gasteiger partial charge in [0.2, 0.25) is 11.8 Å². The monoisotopic (exact) mass is 366 g/mol. The van der Waals surface area contributed by atoms with E-state index < -0.39 is 0 Å². The Morgan fingerprint density at radius 3 is 2.74 bits per heavy atom. The van der Waals surface area contributed by atoms with E-state index in [-0.39, 0.29) is 36.6 Å². The second-order valence-corrected chi connectivity index (χ2v) is 6.75. The lowest BCUT2D eigenvalue weighted by Crippen LogP contribution is -2.38. The third-order valence-corrected chi connectivity index (χ3v) is 4.63. The summed E-state index contributed by atoms with van der Waals surface area (Å²) in [4.78, 5) is 26.2. The molecule has 1 saturated heterocycles. The molecule has 27 heavy (non-hydrogen) atoms. The number of amides is 2. The van der Waals surface area contributed by atoms with E-state index in [1.807, 2.05) is 30.5 Å². The Morgan fingerprint density at radius 2 is 1.96 bits per heavy atom. The summed E-state index contributed by atoms with van der Waals surface area (Å²) in [6, 6.07) is 13.5. The van der Waals surface area contributed by atoms with E-state index in [1.165, 1.54) is 12.1 Å². The van der Waals surface area contributed by atoms with Crippen LogP contribution in [-0.4, -0.2) is 39.1 Å². The van der Waals surface area contributed by atoms with Gasteiger partial charge < -0.3 is 10.2 Å². The second-order valence-electron chi connectivity index (χ2n) is 6.75. The highest BCUT2D eigenvalue weighted by atomic mass is 19.1. The topological polar surface area (TPSA) is 67.2 Å². The molecular weight excluding hydrogens is 347 g/mol. The molecule has 2 amide bonds. The highest BCUT2D eigenvalue weighted by molar-refractivity contribution is 5.83. The Labute approximate surface area is 155 Å². The molecular formula is C20H19FN4O2. The minimum atomic E-state index is -0.303. The molecule has 0 spiro atoms. The smallest absolute Gasteiger partial charge is 0.242 e. The van der Waals surface area contributed by atoms with E-state index in [0.29, 0.717) is 13.1 Å². The molecule has 6 nitrogen and oxygen atoms in total. The van der Waals surface area contributed by atoms with Gasteiger partial charge in [-0.15, -0.1) is 0 Å². The Bertz CT molecular complexity index is 950. The van der Waals surface area contributed by atoms with Crippen LogP contribution >= 0.6 is 0 Å². The number of nitrogens with one attached hydrogen (secondary N) is 1. The summed E-state index contributed by atoms with van der Waals surface area (Å²) >= 11 is 0. The van der Waals surface area contributed by atoms with Crippen LogP contribution in [0.1, 0.15) is 12.0 Å². The first-order valence-electron chi connectivity index (χ1n) is 8.80. The standard InChI is InChI=1S/C20H19FN4O2/c21-16-7-5-14(6-8-16)10-24-12-17(9-20(24)27)22-19(26)13-25-11-15-3-1-2-4-18(15)23-25/h1-8,11,17H,9-10,12-13H2,(H,22,26)/t17-/m1/s1. The van der Waals surface area contributed by atoms with E-state index in [9.17, 15) is 14.0 Å². The van der Waals surface area contributed by atoms with Crippen molar-refractivity contribution in [3.63, 3.8) is 0 Å². The number of fused-ring (bicyclic) bond motifs is 1. The number of benzene rings is 2. The molecule has 0 saturated carbocycles. The molecule has 7 heteroatoms.